The van der Waals surface area contributed by atoms with Crippen molar-refractivity contribution in [3.8, 4) is 11.5 Å². The van der Waals surface area contributed by atoms with Crippen LogP contribution in [0.4, 0.5) is 0 Å². The molecule has 1 N–H and O–H groups in total. The van der Waals surface area contributed by atoms with Gasteiger partial charge in [-0.3, -0.25) is 0 Å². The number of ether oxygens (including phenoxy) is 1. The molecule has 0 heterocycles. The molecule has 4 nitrogen and oxygen atoms in total. The topological polar surface area (TPSA) is 47.9 Å². The molecule has 0 radical (unpaired) electrons. The molecule has 0 aliphatic carbocycles. The molecule has 0 fully saturated rings. The van der Waals surface area contributed by atoms with E-state index in [0.29, 0.717) is 12.4 Å². The normalized spacial score (nSPS) is 12.5. The minimum Gasteiger partial charge on any atom is -0.507 e. The minimum absolute atomic E-state index is 0.120. The number of aryl methyl sites for hydroxylation is 1. The molecule has 0 aliphatic heterocycles. The largest absolute Gasteiger partial charge is 0.507 e. The first-order valence-electron chi connectivity index (χ1n) is 8.26. The summed E-state index contributed by atoms with van der Waals surface area (Å²) in [4.78, 5) is 0. The monoisotopic (exact) mass is 340 g/mol. The third-order valence-electron chi connectivity index (χ3n) is 4.26. The first-order chi connectivity index (χ1) is 10.7. The molecule has 23 heavy (non-hydrogen) atoms. The van der Waals surface area contributed by atoms with E-state index in [0.717, 1.165) is 35.8 Å². The molecule has 0 unspecified atom stereocenters. The first kappa shape index (κ1) is 20.0. The highest BCUT2D eigenvalue weighted by Crippen LogP contribution is 2.37. The fraction of sp³-hybridized carbons (Fsp3) is 0.667. The molecule has 1 aromatic carbocycles. The van der Waals surface area contributed by atoms with Crippen molar-refractivity contribution in [2.75, 3.05) is 20.8 Å². The zero-order chi connectivity index (χ0) is 17.7. The minimum atomic E-state index is -2.02. The molecule has 1 rings (SSSR count). The highest BCUT2D eigenvalue weighted by Gasteiger charge is 2.28. The second-order valence-corrected chi connectivity index (χ2v) is 10.7. The third kappa shape index (κ3) is 5.51. The van der Waals surface area contributed by atoms with Gasteiger partial charge in [0.2, 0.25) is 0 Å². The summed E-state index contributed by atoms with van der Waals surface area (Å²) in [6.07, 6.45) is 1.67. The quantitative estimate of drug-likeness (QED) is 0.563. The number of hydrogen-bond acceptors (Lipinski definition) is 4. The van der Waals surface area contributed by atoms with E-state index in [1.54, 1.807) is 14.2 Å². The predicted octanol–water partition coefficient (Wildman–Crippen LogP) is 4.39. The van der Waals surface area contributed by atoms with Crippen LogP contribution in [0.3, 0.4) is 0 Å². The van der Waals surface area contributed by atoms with Crippen LogP contribution >= 0.6 is 0 Å². The molecular formula is C18H32O4Si. The highest BCUT2D eigenvalue weighted by atomic mass is 28.4. The number of rotatable bonds is 8. The van der Waals surface area contributed by atoms with Gasteiger partial charge in [-0.25, -0.2) is 0 Å². The summed E-state index contributed by atoms with van der Waals surface area (Å²) >= 11 is 0. The Hall–Kier alpha value is -1.04. The van der Waals surface area contributed by atoms with Crippen LogP contribution in [0.1, 0.15) is 45.2 Å². The summed E-state index contributed by atoms with van der Waals surface area (Å²) in [6, 6.07) is 4.79. The second kappa shape index (κ2) is 8.17. The van der Waals surface area contributed by atoms with Gasteiger partial charge >= 0.3 is 8.56 Å². The highest BCUT2D eigenvalue weighted by molar-refractivity contribution is 6.65. The molecular weight excluding hydrogens is 308 g/mol. The van der Waals surface area contributed by atoms with E-state index in [1.165, 1.54) is 0 Å². The Labute approximate surface area is 142 Å². The number of phenols is 1. The van der Waals surface area contributed by atoms with Gasteiger partial charge in [0.05, 0.1) is 6.61 Å². The molecule has 0 atom stereocenters. The standard InChI is InChI=1S/C18H32O4Si/c1-8-14-12-15(13-16(17(14)19)18(2,3)4)22-10-9-11-23(7,20-5)21-6/h12-13,19H,8-11H2,1-7H3. The Kier molecular flexibility index (Phi) is 7.11. The zero-order valence-electron chi connectivity index (χ0n) is 15.7. The lowest BCUT2D eigenvalue weighted by Gasteiger charge is -2.24. The van der Waals surface area contributed by atoms with Crippen LogP contribution in [0.25, 0.3) is 0 Å². The molecule has 0 saturated heterocycles. The average molecular weight is 341 g/mol. The zero-order valence-corrected chi connectivity index (χ0v) is 16.7. The van der Waals surface area contributed by atoms with E-state index in [9.17, 15) is 5.11 Å². The lowest BCUT2D eigenvalue weighted by atomic mass is 9.84. The van der Waals surface area contributed by atoms with Crippen molar-refractivity contribution in [3.05, 3.63) is 23.3 Å². The van der Waals surface area contributed by atoms with Crippen molar-refractivity contribution < 1.29 is 18.7 Å². The third-order valence-corrected chi connectivity index (χ3v) is 7.25. The summed E-state index contributed by atoms with van der Waals surface area (Å²) in [6.45, 7) is 11.0. The maximum Gasteiger partial charge on any atom is 0.334 e. The van der Waals surface area contributed by atoms with Crippen molar-refractivity contribution in [2.45, 2.75) is 58.5 Å². The van der Waals surface area contributed by atoms with Crippen LogP contribution in [0.5, 0.6) is 11.5 Å². The van der Waals surface area contributed by atoms with Crippen molar-refractivity contribution in [1.82, 2.24) is 0 Å². The lowest BCUT2D eigenvalue weighted by Crippen LogP contribution is -2.36. The molecule has 0 aromatic heterocycles. The summed E-state index contributed by atoms with van der Waals surface area (Å²) in [5, 5.41) is 10.4. The SMILES string of the molecule is CCc1cc(OCCC[Si](C)(OC)OC)cc(C(C)(C)C)c1O. The van der Waals surface area contributed by atoms with Gasteiger partial charge in [-0.1, -0.05) is 27.7 Å². The molecule has 0 spiro atoms. The number of aromatic hydroxyl groups is 1. The fourth-order valence-corrected chi connectivity index (χ4v) is 3.82. The lowest BCUT2D eigenvalue weighted by molar-refractivity contribution is 0.241. The Morgan fingerprint density at radius 2 is 1.74 bits per heavy atom. The van der Waals surface area contributed by atoms with Crippen molar-refractivity contribution in [2.24, 2.45) is 0 Å². The van der Waals surface area contributed by atoms with Gasteiger partial charge < -0.3 is 18.7 Å². The summed E-state index contributed by atoms with van der Waals surface area (Å²) in [5.74, 6) is 1.22. The van der Waals surface area contributed by atoms with Crippen molar-refractivity contribution >= 4 is 8.56 Å². The van der Waals surface area contributed by atoms with Gasteiger partial charge in [0.25, 0.3) is 0 Å². The van der Waals surface area contributed by atoms with E-state index >= 15 is 0 Å². The van der Waals surface area contributed by atoms with Gasteiger partial charge in [-0.2, -0.15) is 0 Å². The molecule has 0 bridgehead atoms. The van der Waals surface area contributed by atoms with Crippen molar-refractivity contribution in [1.29, 1.82) is 0 Å². The molecule has 0 aliphatic rings. The number of phenolic OH excluding ortho intramolecular Hbond substituents is 1. The summed E-state index contributed by atoms with van der Waals surface area (Å²) in [5.41, 5.74) is 1.74. The van der Waals surface area contributed by atoms with Gasteiger partial charge in [0.1, 0.15) is 11.5 Å². The van der Waals surface area contributed by atoms with E-state index in [4.69, 9.17) is 13.6 Å². The smallest absolute Gasteiger partial charge is 0.334 e. The maximum atomic E-state index is 10.4. The van der Waals surface area contributed by atoms with E-state index in [1.807, 2.05) is 19.1 Å². The van der Waals surface area contributed by atoms with Gasteiger partial charge in [0.15, 0.2) is 0 Å². The molecule has 0 amide bonds. The van der Waals surface area contributed by atoms with Crippen LogP contribution in [-0.2, 0) is 20.7 Å². The van der Waals surface area contributed by atoms with Crippen LogP contribution < -0.4 is 4.74 Å². The average Bonchev–Trinajstić information content (AvgIpc) is 2.51. The maximum absolute atomic E-state index is 10.4. The fourth-order valence-electron chi connectivity index (χ4n) is 2.46. The summed E-state index contributed by atoms with van der Waals surface area (Å²) in [7, 11) is 1.39. The summed E-state index contributed by atoms with van der Waals surface area (Å²) < 4.78 is 16.9. The van der Waals surface area contributed by atoms with Gasteiger partial charge in [-0.15, -0.1) is 0 Å². The van der Waals surface area contributed by atoms with Gasteiger partial charge in [0, 0.05) is 19.8 Å². The van der Waals surface area contributed by atoms with Crippen LogP contribution in [0, 0.1) is 0 Å². The molecule has 132 valence electrons. The Bertz CT molecular complexity index is 504. The molecule has 5 heteroatoms. The molecule has 1 aromatic rings. The molecule has 0 saturated carbocycles. The first-order valence-corrected chi connectivity index (χ1v) is 10.8. The van der Waals surface area contributed by atoms with E-state index < -0.39 is 8.56 Å². The second-order valence-electron chi connectivity index (χ2n) is 7.08. The Morgan fingerprint density at radius 3 is 2.22 bits per heavy atom. The van der Waals surface area contributed by atoms with Crippen LogP contribution in [-0.4, -0.2) is 34.5 Å². The van der Waals surface area contributed by atoms with Crippen molar-refractivity contribution in [3.63, 3.8) is 0 Å². The van der Waals surface area contributed by atoms with Gasteiger partial charge in [-0.05, 0) is 48.5 Å². The van der Waals surface area contributed by atoms with Crippen LogP contribution in [0.15, 0.2) is 12.1 Å². The predicted molar refractivity (Wildman–Crippen MR) is 96.7 cm³/mol. The number of benzene rings is 1. The van der Waals surface area contributed by atoms with E-state index in [-0.39, 0.29) is 5.41 Å². The Morgan fingerprint density at radius 1 is 1.13 bits per heavy atom. The number of hydrogen-bond donors (Lipinski definition) is 1. The van der Waals surface area contributed by atoms with Crippen LogP contribution in [0.2, 0.25) is 12.6 Å². The van der Waals surface area contributed by atoms with E-state index in [2.05, 4.69) is 27.3 Å². The Balaban J connectivity index is 2.78.